The van der Waals surface area contributed by atoms with E-state index in [0.29, 0.717) is 0 Å². The first-order valence-corrected chi connectivity index (χ1v) is 7.34. The van der Waals surface area contributed by atoms with Crippen LogP contribution in [-0.2, 0) is 5.75 Å². The largest absolute Gasteiger partial charge is 0.496 e. The maximum atomic E-state index is 5.90. The van der Waals surface area contributed by atoms with E-state index in [2.05, 4.69) is 13.0 Å². The number of hydrogen-bond donors (Lipinski definition) is 1. The summed E-state index contributed by atoms with van der Waals surface area (Å²) in [6.45, 7) is 4.23. The van der Waals surface area contributed by atoms with Crippen molar-refractivity contribution in [1.29, 1.82) is 0 Å². The molecule has 0 heterocycles. The van der Waals surface area contributed by atoms with Crippen molar-refractivity contribution >= 4 is 11.8 Å². The molecule has 0 saturated heterocycles. The van der Waals surface area contributed by atoms with Crippen molar-refractivity contribution in [3.63, 3.8) is 0 Å². The van der Waals surface area contributed by atoms with E-state index >= 15 is 0 Å². The zero-order valence-corrected chi connectivity index (χ0v) is 11.8. The van der Waals surface area contributed by atoms with E-state index in [1.54, 1.807) is 7.11 Å². The summed E-state index contributed by atoms with van der Waals surface area (Å²) in [5, 5.41) is 0. The fourth-order valence-electron chi connectivity index (χ4n) is 1.62. The van der Waals surface area contributed by atoms with E-state index in [9.17, 15) is 0 Å². The lowest BCUT2D eigenvalue weighted by atomic mass is 10.1. The molecular formula is C14H23NOS. The maximum Gasteiger partial charge on any atom is 0.122 e. The molecule has 0 aromatic heterocycles. The molecule has 3 heteroatoms. The second-order valence-corrected chi connectivity index (χ2v) is 5.37. The van der Waals surface area contributed by atoms with E-state index < -0.39 is 0 Å². The van der Waals surface area contributed by atoms with Gasteiger partial charge in [-0.2, -0.15) is 11.8 Å². The van der Waals surface area contributed by atoms with Crippen molar-refractivity contribution in [2.75, 3.05) is 12.9 Å². The SMILES string of the molecule is CCCCSCc1cc(C(C)N)ccc1OC. The molecule has 1 rings (SSSR count). The molecule has 0 saturated carbocycles. The summed E-state index contributed by atoms with van der Waals surface area (Å²) < 4.78 is 5.38. The van der Waals surface area contributed by atoms with E-state index in [4.69, 9.17) is 10.5 Å². The number of benzene rings is 1. The van der Waals surface area contributed by atoms with Gasteiger partial charge in [0.1, 0.15) is 5.75 Å². The Hall–Kier alpha value is -0.670. The van der Waals surface area contributed by atoms with Crippen molar-refractivity contribution in [3.05, 3.63) is 29.3 Å². The number of nitrogens with two attached hydrogens (primary N) is 1. The second-order valence-electron chi connectivity index (χ2n) is 4.27. The zero-order valence-electron chi connectivity index (χ0n) is 11.0. The normalized spacial score (nSPS) is 12.5. The van der Waals surface area contributed by atoms with Crippen LogP contribution in [0.5, 0.6) is 5.75 Å². The Balaban J connectivity index is 2.69. The van der Waals surface area contributed by atoms with Crippen LogP contribution in [0.3, 0.4) is 0 Å². The van der Waals surface area contributed by atoms with E-state index in [-0.39, 0.29) is 6.04 Å². The lowest BCUT2D eigenvalue weighted by Crippen LogP contribution is -2.05. The van der Waals surface area contributed by atoms with Gasteiger partial charge in [-0.15, -0.1) is 0 Å². The Morgan fingerprint density at radius 3 is 2.76 bits per heavy atom. The molecule has 96 valence electrons. The maximum absolute atomic E-state index is 5.90. The summed E-state index contributed by atoms with van der Waals surface area (Å²) in [7, 11) is 1.72. The van der Waals surface area contributed by atoms with E-state index in [1.165, 1.54) is 29.7 Å². The van der Waals surface area contributed by atoms with Gasteiger partial charge in [-0.1, -0.05) is 19.4 Å². The third kappa shape index (κ3) is 4.60. The van der Waals surface area contributed by atoms with Gasteiger partial charge in [0.15, 0.2) is 0 Å². The van der Waals surface area contributed by atoms with Crippen LogP contribution in [0.4, 0.5) is 0 Å². The summed E-state index contributed by atoms with van der Waals surface area (Å²) in [6, 6.07) is 6.32. The van der Waals surface area contributed by atoms with Crippen LogP contribution in [-0.4, -0.2) is 12.9 Å². The van der Waals surface area contributed by atoms with Crippen molar-refractivity contribution < 1.29 is 4.74 Å². The molecule has 1 aromatic carbocycles. The van der Waals surface area contributed by atoms with Crippen LogP contribution in [0.25, 0.3) is 0 Å². The Morgan fingerprint density at radius 1 is 1.41 bits per heavy atom. The molecule has 2 N–H and O–H groups in total. The molecule has 0 fully saturated rings. The van der Waals surface area contributed by atoms with Gasteiger partial charge in [0, 0.05) is 17.4 Å². The fourth-order valence-corrected chi connectivity index (χ4v) is 2.71. The second kappa shape index (κ2) is 7.62. The molecule has 0 aliphatic heterocycles. The topological polar surface area (TPSA) is 35.2 Å². The van der Waals surface area contributed by atoms with Crippen LogP contribution in [0.1, 0.15) is 43.9 Å². The van der Waals surface area contributed by atoms with Crippen molar-refractivity contribution in [3.8, 4) is 5.75 Å². The molecular weight excluding hydrogens is 230 g/mol. The average Bonchev–Trinajstić information content (AvgIpc) is 2.34. The minimum atomic E-state index is 0.0836. The molecule has 2 nitrogen and oxygen atoms in total. The first kappa shape index (κ1) is 14.4. The molecule has 0 aliphatic rings. The number of unbranched alkanes of at least 4 members (excludes halogenated alkanes) is 1. The van der Waals surface area contributed by atoms with Gasteiger partial charge >= 0.3 is 0 Å². The highest BCUT2D eigenvalue weighted by molar-refractivity contribution is 7.98. The molecule has 0 radical (unpaired) electrons. The van der Waals surface area contributed by atoms with Gasteiger partial charge < -0.3 is 10.5 Å². The lowest BCUT2D eigenvalue weighted by molar-refractivity contribution is 0.411. The first-order chi connectivity index (χ1) is 8.19. The number of rotatable bonds is 7. The minimum Gasteiger partial charge on any atom is -0.496 e. The Bertz CT molecular complexity index is 339. The molecule has 0 spiro atoms. The molecule has 0 bridgehead atoms. The standard InChI is InChI=1S/C14H23NOS/c1-4-5-8-17-10-13-9-12(11(2)15)6-7-14(13)16-3/h6-7,9,11H,4-5,8,10,15H2,1-3H3. The highest BCUT2D eigenvalue weighted by Gasteiger charge is 2.07. The molecule has 17 heavy (non-hydrogen) atoms. The minimum absolute atomic E-state index is 0.0836. The zero-order chi connectivity index (χ0) is 12.7. The highest BCUT2D eigenvalue weighted by Crippen LogP contribution is 2.26. The molecule has 0 amide bonds. The fraction of sp³-hybridized carbons (Fsp3) is 0.571. The molecule has 1 aromatic rings. The van der Waals surface area contributed by atoms with Gasteiger partial charge in [0.05, 0.1) is 7.11 Å². The van der Waals surface area contributed by atoms with Gasteiger partial charge in [-0.05, 0) is 36.8 Å². The highest BCUT2D eigenvalue weighted by atomic mass is 32.2. The lowest BCUT2D eigenvalue weighted by Gasteiger charge is -2.12. The van der Waals surface area contributed by atoms with Gasteiger partial charge in [0.2, 0.25) is 0 Å². The Morgan fingerprint density at radius 2 is 2.18 bits per heavy atom. The number of ether oxygens (including phenoxy) is 1. The van der Waals surface area contributed by atoms with Crippen LogP contribution < -0.4 is 10.5 Å². The average molecular weight is 253 g/mol. The van der Waals surface area contributed by atoms with Crippen LogP contribution in [0.15, 0.2) is 18.2 Å². The number of hydrogen-bond acceptors (Lipinski definition) is 3. The number of methoxy groups -OCH3 is 1. The quantitative estimate of drug-likeness (QED) is 0.752. The molecule has 1 atom stereocenters. The Labute approximate surface area is 109 Å². The summed E-state index contributed by atoms with van der Waals surface area (Å²) >= 11 is 1.96. The van der Waals surface area contributed by atoms with Gasteiger partial charge in [-0.3, -0.25) is 0 Å². The van der Waals surface area contributed by atoms with Crippen LogP contribution in [0.2, 0.25) is 0 Å². The van der Waals surface area contributed by atoms with Crippen molar-refractivity contribution in [1.82, 2.24) is 0 Å². The smallest absolute Gasteiger partial charge is 0.122 e. The summed E-state index contributed by atoms with van der Waals surface area (Å²) in [6.07, 6.45) is 2.53. The monoisotopic (exact) mass is 253 g/mol. The predicted molar refractivity (Wildman–Crippen MR) is 76.7 cm³/mol. The number of thioether (sulfide) groups is 1. The first-order valence-electron chi connectivity index (χ1n) is 6.19. The third-order valence-electron chi connectivity index (χ3n) is 2.73. The molecule has 1 unspecified atom stereocenters. The van der Waals surface area contributed by atoms with Crippen LogP contribution in [0, 0.1) is 0 Å². The predicted octanol–water partition coefficient (Wildman–Crippen LogP) is 3.75. The van der Waals surface area contributed by atoms with Gasteiger partial charge in [-0.25, -0.2) is 0 Å². The summed E-state index contributed by atoms with van der Waals surface area (Å²) in [4.78, 5) is 0. The summed E-state index contributed by atoms with van der Waals surface area (Å²) in [5.41, 5.74) is 8.33. The van der Waals surface area contributed by atoms with E-state index in [1.807, 2.05) is 30.8 Å². The van der Waals surface area contributed by atoms with Crippen LogP contribution >= 0.6 is 11.8 Å². The van der Waals surface area contributed by atoms with E-state index in [0.717, 1.165) is 11.5 Å². The van der Waals surface area contributed by atoms with Crippen molar-refractivity contribution in [2.45, 2.75) is 38.5 Å². The van der Waals surface area contributed by atoms with Crippen molar-refractivity contribution in [2.24, 2.45) is 5.73 Å². The van der Waals surface area contributed by atoms with Gasteiger partial charge in [0.25, 0.3) is 0 Å². The Kier molecular flexibility index (Phi) is 6.45. The molecule has 0 aliphatic carbocycles. The third-order valence-corrected chi connectivity index (χ3v) is 3.82. The summed E-state index contributed by atoms with van der Waals surface area (Å²) in [5.74, 6) is 3.18.